The van der Waals surface area contributed by atoms with Gasteiger partial charge in [0.05, 0.1) is 0 Å². The topological polar surface area (TPSA) is 40.5 Å². The fourth-order valence-electron chi connectivity index (χ4n) is 2.12. The molecule has 1 aromatic rings. The van der Waals surface area contributed by atoms with Gasteiger partial charge in [-0.1, -0.05) is 18.2 Å². The molecule has 15 heavy (non-hydrogen) atoms. The highest BCUT2D eigenvalue weighted by Crippen LogP contribution is 2.25. The first-order valence-electron chi connectivity index (χ1n) is 5.27. The van der Waals surface area contributed by atoms with Gasteiger partial charge in [-0.3, -0.25) is 4.79 Å². The SMILES string of the molecule is O=C(O)CC1CCN(c2ccccc2)C1. The van der Waals surface area contributed by atoms with Crippen molar-refractivity contribution in [2.24, 2.45) is 5.92 Å². The second-order valence-corrected chi connectivity index (χ2v) is 4.03. The van der Waals surface area contributed by atoms with Crippen LogP contribution in [0.3, 0.4) is 0 Å². The lowest BCUT2D eigenvalue weighted by Crippen LogP contribution is -2.20. The molecule has 80 valence electrons. The molecule has 0 aromatic heterocycles. The Hall–Kier alpha value is -1.51. The van der Waals surface area contributed by atoms with Crippen LogP contribution in [0.4, 0.5) is 5.69 Å². The molecular formula is C12H15NO2. The molecule has 1 saturated heterocycles. The van der Waals surface area contributed by atoms with Gasteiger partial charge in [0.2, 0.25) is 0 Å². The van der Waals surface area contributed by atoms with Gasteiger partial charge in [-0.05, 0) is 24.5 Å². The summed E-state index contributed by atoms with van der Waals surface area (Å²) < 4.78 is 0. The third kappa shape index (κ3) is 2.49. The van der Waals surface area contributed by atoms with Crippen LogP contribution in [0.5, 0.6) is 0 Å². The Bertz CT molecular complexity index is 337. The summed E-state index contributed by atoms with van der Waals surface area (Å²) in [5.41, 5.74) is 1.20. The fraction of sp³-hybridized carbons (Fsp3) is 0.417. The molecule has 0 saturated carbocycles. The monoisotopic (exact) mass is 205 g/mol. The molecule has 0 aliphatic carbocycles. The molecule has 2 rings (SSSR count). The zero-order valence-electron chi connectivity index (χ0n) is 8.60. The number of para-hydroxylation sites is 1. The smallest absolute Gasteiger partial charge is 0.303 e. The van der Waals surface area contributed by atoms with Gasteiger partial charge in [-0.15, -0.1) is 0 Å². The van der Waals surface area contributed by atoms with E-state index in [4.69, 9.17) is 5.11 Å². The molecule has 1 aliphatic heterocycles. The molecule has 0 bridgehead atoms. The second-order valence-electron chi connectivity index (χ2n) is 4.03. The Balaban J connectivity index is 1.96. The number of hydrogen-bond donors (Lipinski definition) is 1. The van der Waals surface area contributed by atoms with Gasteiger partial charge in [0.25, 0.3) is 0 Å². The van der Waals surface area contributed by atoms with Gasteiger partial charge in [0, 0.05) is 25.2 Å². The van der Waals surface area contributed by atoms with Crippen molar-refractivity contribution in [1.29, 1.82) is 0 Å². The number of carbonyl (C=O) groups is 1. The minimum atomic E-state index is -0.685. The van der Waals surface area contributed by atoms with E-state index in [0.717, 1.165) is 19.5 Å². The van der Waals surface area contributed by atoms with E-state index in [1.54, 1.807) is 0 Å². The summed E-state index contributed by atoms with van der Waals surface area (Å²) in [6.45, 7) is 1.85. The van der Waals surface area contributed by atoms with E-state index in [1.165, 1.54) is 5.69 Å². The Labute approximate surface area is 89.3 Å². The van der Waals surface area contributed by atoms with E-state index in [1.807, 2.05) is 18.2 Å². The Morgan fingerprint density at radius 2 is 2.13 bits per heavy atom. The summed E-state index contributed by atoms with van der Waals surface area (Å²) in [6, 6.07) is 10.2. The van der Waals surface area contributed by atoms with Crippen LogP contribution in [-0.4, -0.2) is 24.2 Å². The van der Waals surface area contributed by atoms with Crippen molar-refractivity contribution in [1.82, 2.24) is 0 Å². The molecule has 0 spiro atoms. The standard InChI is InChI=1S/C12H15NO2/c14-12(15)8-10-6-7-13(9-10)11-4-2-1-3-5-11/h1-5,10H,6-9H2,(H,14,15). The van der Waals surface area contributed by atoms with Crippen LogP contribution in [0.2, 0.25) is 0 Å². The number of nitrogens with zero attached hydrogens (tertiary/aromatic N) is 1. The van der Waals surface area contributed by atoms with Gasteiger partial charge in [0.15, 0.2) is 0 Å². The number of carboxylic acid groups (broad SMARTS) is 1. The second kappa shape index (κ2) is 4.34. The molecule has 0 radical (unpaired) electrons. The first kappa shape index (κ1) is 10.0. The van der Waals surface area contributed by atoms with Gasteiger partial charge >= 0.3 is 5.97 Å². The predicted octanol–water partition coefficient (Wildman–Crippen LogP) is 1.99. The van der Waals surface area contributed by atoms with Crippen molar-refractivity contribution in [2.45, 2.75) is 12.8 Å². The van der Waals surface area contributed by atoms with Crippen molar-refractivity contribution < 1.29 is 9.90 Å². The van der Waals surface area contributed by atoms with Crippen LogP contribution in [0, 0.1) is 5.92 Å². The Morgan fingerprint density at radius 3 is 2.80 bits per heavy atom. The van der Waals surface area contributed by atoms with Gasteiger partial charge in [-0.25, -0.2) is 0 Å². The summed E-state index contributed by atoms with van der Waals surface area (Å²) in [5, 5.41) is 8.71. The van der Waals surface area contributed by atoms with Crippen molar-refractivity contribution >= 4 is 11.7 Å². The fourth-order valence-corrected chi connectivity index (χ4v) is 2.12. The van der Waals surface area contributed by atoms with Gasteiger partial charge < -0.3 is 10.0 Å². The number of aliphatic carboxylic acids is 1. The molecule has 1 N–H and O–H groups in total. The molecular weight excluding hydrogens is 190 g/mol. The maximum Gasteiger partial charge on any atom is 0.303 e. The quantitative estimate of drug-likeness (QED) is 0.820. The maximum absolute atomic E-state index is 10.6. The van der Waals surface area contributed by atoms with Crippen LogP contribution in [-0.2, 0) is 4.79 Å². The predicted molar refractivity (Wildman–Crippen MR) is 59.0 cm³/mol. The van der Waals surface area contributed by atoms with Crippen molar-refractivity contribution in [3.8, 4) is 0 Å². The lowest BCUT2D eigenvalue weighted by atomic mass is 10.1. The van der Waals surface area contributed by atoms with Gasteiger partial charge in [0.1, 0.15) is 0 Å². The van der Waals surface area contributed by atoms with Crippen molar-refractivity contribution in [3.05, 3.63) is 30.3 Å². The van der Waals surface area contributed by atoms with E-state index >= 15 is 0 Å². The van der Waals surface area contributed by atoms with Crippen molar-refractivity contribution in [3.63, 3.8) is 0 Å². The summed E-state index contributed by atoms with van der Waals surface area (Å²) in [5.74, 6) is -0.377. The molecule has 1 aromatic carbocycles. The lowest BCUT2D eigenvalue weighted by Gasteiger charge is -2.18. The zero-order chi connectivity index (χ0) is 10.7. The van der Waals surface area contributed by atoms with Crippen LogP contribution < -0.4 is 4.90 Å². The Morgan fingerprint density at radius 1 is 1.40 bits per heavy atom. The zero-order valence-corrected chi connectivity index (χ0v) is 8.60. The summed E-state index contributed by atoms with van der Waals surface area (Å²) in [4.78, 5) is 12.8. The molecule has 1 unspecified atom stereocenters. The highest BCUT2D eigenvalue weighted by Gasteiger charge is 2.24. The van der Waals surface area contributed by atoms with E-state index in [2.05, 4.69) is 17.0 Å². The summed E-state index contributed by atoms with van der Waals surface area (Å²) in [6.07, 6.45) is 1.28. The summed E-state index contributed by atoms with van der Waals surface area (Å²) in [7, 11) is 0. The molecule has 1 fully saturated rings. The van der Waals surface area contributed by atoms with Crippen LogP contribution in [0.1, 0.15) is 12.8 Å². The van der Waals surface area contributed by atoms with Crippen LogP contribution in [0.25, 0.3) is 0 Å². The number of carboxylic acids is 1. The maximum atomic E-state index is 10.6. The third-order valence-corrected chi connectivity index (χ3v) is 2.87. The molecule has 0 amide bonds. The highest BCUT2D eigenvalue weighted by molar-refractivity contribution is 5.67. The average molecular weight is 205 g/mol. The van der Waals surface area contributed by atoms with Crippen LogP contribution >= 0.6 is 0 Å². The minimum absolute atomic E-state index is 0.295. The van der Waals surface area contributed by atoms with E-state index < -0.39 is 5.97 Å². The molecule has 3 nitrogen and oxygen atoms in total. The minimum Gasteiger partial charge on any atom is -0.481 e. The van der Waals surface area contributed by atoms with E-state index in [-0.39, 0.29) is 0 Å². The number of benzene rings is 1. The van der Waals surface area contributed by atoms with E-state index in [9.17, 15) is 4.79 Å². The van der Waals surface area contributed by atoms with Crippen LogP contribution in [0.15, 0.2) is 30.3 Å². The number of anilines is 1. The summed E-state index contributed by atoms with van der Waals surface area (Å²) >= 11 is 0. The van der Waals surface area contributed by atoms with E-state index in [0.29, 0.717) is 12.3 Å². The molecule has 3 heteroatoms. The first-order valence-corrected chi connectivity index (χ1v) is 5.27. The van der Waals surface area contributed by atoms with Crippen molar-refractivity contribution in [2.75, 3.05) is 18.0 Å². The highest BCUT2D eigenvalue weighted by atomic mass is 16.4. The van der Waals surface area contributed by atoms with Gasteiger partial charge in [-0.2, -0.15) is 0 Å². The molecule has 1 heterocycles. The third-order valence-electron chi connectivity index (χ3n) is 2.87. The molecule has 1 aliphatic rings. The first-order chi connectivity index (χ1) is 7.25. The Kier molecular flexibility index (Phi) is 2.90. The number of rotatable bonds is 3. The number of hydrogen-bond acceptors (Lipinski definition) is 2. The largest absolute Gasteiger partial charge is 0.481 e. The molecule has 1 atom stereocenters. The lowest BCUT2D eigenvalue weighted by molar-refractivity contribution is -0.137. The average Bonchev–Trinajstić information content (AvgIpc) is 2.67. The normalized spacial score (nSPS) is 20.5.